The molecule has 0 unspecified atom stereocenters. The van der Waals surface area contributed by atoms with Gasteiger partial charge in [0.25, 0.3) is 0 Å². The second-order valence-corrected chi connectivity index (χ2v) is 7.95. The molecule has 3 heterocycles. The summed E-state index contributed by atoms with van der Waals surface area (Å²) in [4.78, 5) is 4.91. The van der Waals surface area contributed by atoms with E-state index in [1.165, 1.54) is 11.1 Å². The molecule has 1 aliphatic heterocycles. The Kier molecular flexibility index (Phi) is 5.48. The van der Waals surface area contributed by atoms with Crippen LogP contribution in [0.3, 0.4) is 0 Å². The second kappa shape index (κ2) is 8.19. The highest BCUT2D eigenvalue weighted by Crippen LogP contribution is 2.25. The van der Waals surface area contributed by atoms with Crippen LogP contribution in [0.4, 0.5) is 11.6 Å². The molecule has 0 spiro atoms. The van der Waals surface area contributed by atoms with Crippen molar-refractivity contribution < 1.29 is 0 Å². The van der Waals surface area contributed by atoms with Crippen LogP contribution in [-0.2, 0) is 6.54 Å². The molecule has 1 saturated heterocycles. The molecule has 1 aliphatic rings. The summed E-state index contributed by atoms with van der Waals surface area (Å²) in [5.41, 5.74) is 3.33. The molecule has 6 heteroatoms. The molecule has 148 valence electrons. The van der Waals surface area contributed by atoms with Crippen LogP contribution in [0.5, 0.6) is 0 Å². The standard InChI is InChI=1S/C22H30N6/c1-4-17-10-18(13-23-17)26-20-11-21(24-12-16-8-6-5-7-9-16)28-22(27-20)19(14-25-28)15(2)3/h5-9,11,14-15,17-18,23-24H,4,10,12-13H2,1-3H3,(H,26,27)/t17-,18+/m0/s1. The van der Waals surface area contributed by atoms with Gasteiger partial charge in [-0.3, -0.25) is 0 Å². The predicted molar refractivity (Wildman–Crippen MR) is 115 cm³/mol. The van der Waals surface area contributed by atoms with Crippen molar-refractivity contribution >= 4 is 17.3 Å². The summed E-state index contributed by atoms with van der Waals surface area (Å²) in [6, 6.07) is 13.5. The molecule has 0 bridgehead atoms. The van der Waals surface area contributed by atoms with Gasteiger partial charge in [-0.15, -0.1) is 0 Å². The molecule has 0 amide bonds. The van der Waals surface area contributed by atoms with Gasteiger partial charge in [0.05, 0.1) is 6.20 Å². The minimum absolute atomic E-state index is 0.375. The van der Waals surface area contributed by atoms with Crippen LogP contribution in [0.1, 0.15) is 50.7 Å². The first-order chi connectivity index (χ1) is 13.6. The Morgan fingerprint density at radius 2 is 2.07 bits per heavy atom. The van der Waals surface area contributed by atoms with E-state index < -0.39 is 0 Å². The van der Waals surface area contributed by atoms with Crippen LogP contribution in [-0.4, -0.2) is 33.2 Å². The zero-order valence-electron chi connectivity index (χ0n) is 16.9. The summed E-state index contributed by atoms with van der Waals surface area (Å²) in [5.74, 6) is 2.25. The quantitative estimate of drug-likeness (QED) is 0.579. The van der Waals surface area contributed by atoms with E-state index >= 15 is 0 Å². The zero-order valence-corrected chi connectivity index (χ0v) is 16.9. The number of nitrogens with one attached hydrogen (secondary N) is 3. The molecular formula is C22H30N6. The molecule has 4 rings (SSSR count). The first-order valence-corrected chi connectivity index (χ1v) is 10.3. The molecule has 0 saturated carbocycles. The highest BCUT2D eigenvalue weighted by molar-refractivity contribution is 5.61. The minimum atomic E-state index is 0.375. The Labute approximate surface area is 166 Å². The third-order valence-corrected chi connectivity index (χ3v) is 5.50. The molecule has 1 aromatic carbocycles. The number of benzene rings is 1. The maximum Gasteiger partial charge on any atom is 0.163 e. The van der Waals surface area contributed by atoms with E-state index in [0.29, 0.717) is 18.0 Å². The lowest BCUT2D eigenvalue weighted by Crippen LogP contribution is -2.23. The van der Waals surface area contributed by atoms with Crippen molar-refractivity contribution in [3.05, 3.63) is 53.7 Å². The Balaban J connectivity index is 1.62. The van der Waals surface area contributed by atoms with Crippen molar-refractivity contribution in [1.29, 1.82) is 0 Å². The summed E-state index contributed by atoms with van der Waals surface area (Å²) in [5, 5.41) is 15.4. The van der Waals surface area contributed by atoms with Crippen molar-refractivity contribution in [2.75, 3.05) is 17.2 Å². The second-order valence-electron chi connectivity index (χ2n) is 7.95. The molecule has 1 fully saturated rings. The van der Waals surface area contributed by atoms with Crippen molar-refractivity contribution in [3.8, 4) is 0 Å². The van der Waals surface area contributed by atoms with E-state index in [1.54, 1.807) is 0 Å². The number of hydrogen-bond donors (Lipinski definition) is 3. The first-order valence-electron chi connectivity index (χ1n) is 10.3. The zero-order chi connectivity index (χ0) is 19.5. The SMILES string of the molecule is CC[C@H]1C[C@@H](Nc2cc(NCc3ccccc3)n3ncc(C(C)C)c3n2)CN1. The molecule has 2 atom stereocenters. The number of aromatic nitrogens is 3. The Bertz CT molecular complexity index is 917. The number of anilines is 2. The minimum Gasteiger partial charge on any atom is -0.366 e. The molecule has 3 N–H and O–H groups in total. The van der Waals surface area contributed by atoms with Crippen LogP contribution in [0.2, 0.25) is 0 Å². The maximum atomic E-state index is 4.91. The highest BCUT2D eigenvalue weighted by Gasteiger charge is 2.23. The topological polar surface area (TPSA) is 66.3 Å². The van der Waals surface area contributed by atoms with Crippen LogP contribution in [0.15, 0.2) is 42.6 Å². The lowest BCUT2D eigenvalue weighted by atomic mass is 10.1. The van der Waals surface area contributed by atoms with E-state index in [-0.39, 0.29) is 0 Å². The number of hydrogen-bond acceptors (Lipinski definition) is 5. The summed E-state index contributed by atoms with van der Waals surface area (Å²) < 4.78 is 1.92. The Morgan fingerprint density at radius 3 is 2.79 bits per heavy atom. The molecule has 6 nitrogen and oxygen atoms in total. The number of fused-ring (bicyclic) bond motifs is 1. The monoisotopic (exact) mass is 378 g/mol. The van der Waals surface area contributed by atoms with Gasteiger partial charge in [-0.05, 0) is 24.3 Å². The fraction of sp³-hybridized carbons (Fsp3) is 0.455. The van der Waals surface area contributed by atoms with Crippen LogP contribution >= 0.6 is 0 Å². The average Bonchev–Trinajstić information content (AvgIpc) is 3.33. The van der Waals surface area contributed by atoms with Gasteiger partial charge in [-0.2, -0.15) is 9.61 Å². The molecule has 0 aliphatic carbocycles. The van der Waals surface area contributed by atoms with Crippen molar-refractivity contribution in [2.24, 2.45) is 0 Å². The van der Waals surface area contributed by atoms with Crippen molar-refractivity contribution in [3.63, 3.8) is 0 Å². The molecule has 3 aromatic rings. The highest BCUT2D eigenvalue weighted by atomic mass is 15.3. The van der Waals surface area contributed by atoms with E-state index in [0.717, 1.165) is 43.2 Å². The van der Waals surface area contributed by atoms with Gasteiger partial charge in [0.1, 0.15) is 11.6 Å². The Hall–Kier alpha value is -2.60. The van der Waals surface area contributed by atoms with Gasteiger partial charge in [0.15, 0.2) is 5.65 Å². The largest absolute Gasteiger partial charge is 0.366 e. The van der Waals surface area contributed by atoms with Gasteiger partial charge in [0, 0.05) is 36.8 Å². The molecule has 28 heavy (non-hydrogen) atoms. The average molecular weight is 379 g/mol. The van der Waals surface area contributed by atoms with E-state index in [2.05, 4.69) is 72.2 Å². The summed E-state index contributed by atoms with van der Waals surface area (Å²) >= 11 is 0. The number of nitrogens with zero attached hydrogens (tertiary/aromatic N) is 3. The summed E-state index contributed by atoms with van der Waals surface area (Å²) in [7, 11) is 0. The van der Waals surface area contributed by atoms with E-state index in [9.17, 15) is 0 Å². The summed E-state index contributed by atoms with van der Waals surface area (Å²) in [6.07, 6.45) is 4.23. The lowest BCUT2D eigenvalue weighted by molar-refractivity contribution is 0.584. The van der Waals surface area contributed by atoms with Gasteiger partial charge in [-0.1, -0.05) is 51.1 Å². The van der Waals surface area contributed by atoms with E-state index in [4.69, 9.17) is 4.98 Å². The molecule has 0 radical (unpaired) electrons. The van der Waals surface area contributed by atoms with Crippen molar-refractivity contribution in [1.82, 2.24) is 19.9 Å². The Morgan fingerprint density at radius 1 is 1.25 bits per heavy atom. The fourth-order valence-electron chi connectivity index (χ4n) is 3.82. The first kappa shape index (κ1) is 18.7. The van der Waals surface area contributed by atoms with Gasteiger partial charge >= 0.3 is 0 Å². The summed E-state index contributed by atoms with van der Waals surface area (Å²) in [6.45, 7) is 8.33. The van der Waals surface area contributed by atoms with E-state index in [1.807, 2.05) is 16.8 Å². The van der Waals surface area contributed by atoms with Crippen LogP contribution in [0, 0.1) is 0 Å². The normalized spacial score (nSPS) is 19.4. The van der Waals surface area contributed by atoms with Crippen LogP contribution in [0.25, 0.3) is 5.65 Å². The third-order valence-electron chi connectivity index (χ3n) is 5.50. The van der Waals surface area contributed by atoms with Crippen molar-refractivity contribution in [2.45, 2.75) is 58.2 Å². The maximum absolute atomic E-state index is 4.91. The van der Waals surface area contributed by atoms with Gasteiger partial charge in [0.2, 0.25) is 0 Å². The molecular weight excluding hydrogens is 348 g/mol. The number of rotatable bonds is 7. The third kappa shape index (κ3) is 3.97. The van der Waals surface area contributed by atoms with Gasteiger partial charge in [-0.25, -0.2) is 4.98 Å². The lowest BCUT2D eigenvalue weighted by Gasteiger charge is -2.16. The molecule has 2 aromatic heterocycles. The van der Waals surface area contributed by atoms with Gasteiger partial charge < -0.3 is 16.0 Å². The smallest absolute Gasteiger partial charge is 0.163 e. The van der Waals surface area contributed by atoms with Crippen LogP contribution < -0.4 is 16.0 Å². The fourth-order valence-corrected chi connectivity index (χ4v) is 3.82. The predicted octanol–water partition coefficient (Wildman–Crippen LogP) is 4.02.